The summed E-state index contributed by atoms with van der Waals surface area (Å²) in [5.41, 5.74) is 0.819. The highest BCUT2D eigenvalue weighted by molar-refractivity contribution is 5.93. The number of fused-ring (bicyclic) bond motifs is 1. The number of aromatic carboxylic acids is 1. The Morgan fingerprint density at radius 2 is 1.57 bits per heavy atom. The minimum Gasteiger partial charge on any atom is -0.478 e. The van der Waals surface area contributed by atoms with Gasteiger partial charge in [-0.05, 0) is 28.5 Å². The number of carbonyl (C=O) groups excluding carboxylic acids is 1. The second kappa shape index (κ2) is 6.32. The van der Waals surface area contributed by atoms with Gasteiger partial charge in [0.05, 0.1) is 6.42 Å². The van der Waals surface area contributed by atoms with Gasteiger partial charge in [0.25, 0.3) is 0 Å². The second-order valence-electron chi connectivity index (χ2n) is 5.09. The SMILES string of the molecule is O=C(Cc1cccc2ccccc12)Oc1ccccc1C(=O)O. The van der Waals surface area contributed by atoms with Crippen molar-refractivity contribution < 1.29 is 19.4 Å². The monoisotopic (exact) mass is 306 g/mol. The zero-order chi connectivity index (χ0) is 16.2. The van der Waals surface area contributed by atoms with Crippen molar-refractivity contribution in [1.82, 2.24) is 0 Å². The first-order valence-electron chi connectivity index (χ1n) is 7.15. The van der Waals surface area contributed by atoms with Crippen LogP contribution < -0.4 is 4.74 Å². The van der Waals surface area contributed by atoms with E-state index < -0.39 is 11.9 Å². The maximum absolute atomic E-state index is 12.2. The standard InChI is InChI=1S/C19H14O4/c20-18(23-17-11-4-3-10-16(17)19(21)22)12-14-8-5-7-13-6-1-2-9-15(13)14/h1-11H,12H2,(H,21,22). The Hall–Kier alpha value is -3.14. The summed E-state index contributed by atoms with van der Waals surface area (Å²) >= 11 is 0. The Morgan fingerprint density at radius 3 is 2.39 bits per heavy atom. The summed E-state index contributed by atoms with van der Waals surface area (Å²) in [6.07, 6.45) is 0.0787. The molecule has 3 aromatic carbocycles. The van der Waals surface area contributed by atoms with Crippen LogP contribution in [0.25, 0.3) is 10.8 Å². The topological polar surface area (TPSA) is 63.6 Å². The molecule has 0 saturated carbocycles. The molecular weight excluding hydrogens is 292 g/mol. The Labute approximate surface area is 132 Å². The van der Waals surface area contributed by atoms with Crippen LogP contribution in [-0.4, -0.2) is 17.0 Å². The summed E-state index contributed by atoms with van der Waals surface area (Å²) in [5.74, 6) is -1.56. The van der Waals surface area contributed by atoms with Crippen molar-refractivity contribution in [3.8, 4) is 5.75 Å². The van der Waals surface area contributed by atoms with E-state index in [9.17, 15) is 9.59 Å². The number of rotatable bonds is 4. The molecule has 114 valence electrons. The summed E-state index contributed by atoms with van der Waals surface area (Å²) in [4.78, 5) is 23.3. The van der Waals surface area contributed by atoms with E-state index in [0.717, 1.165) is 16.3 Å². The minimum absolute atomic E-state index is 0.0289. The molecule has 0 amide bonds. The highest BCUT2D eigenvalue weighted by Crippen LogP contribution is 2.21. The first kappa shape index (κ1) is 14.8. The summed E-state index contributed by atoms with van der Waals surface area (Å²) in [6.45, 7) is 0. The molecular formula is C19H14O4. The van der Waals surface area contributed by atoms with Crippen molar-refractivity contribution in [3.05, 3.63) is 77.9 Å². The van der Waals surface area contributed by atoms with Gasteiger partial charge in [-0.3, -0.25) is 4.79 Å². The number of ether oxygens (including phenoxy) is 1. The van der Waals surface area contributed by atoms with E-state index in [4.69, 9.17) is 9.84 Å². The molecule has 4 nitrogen and oxygen atoms in total. The van der Waals surface area contributed by atoms with E-state index >= 15 is 0 Å². The van der Waals surface area contributed by atoms with Gasteiger partial charge >= 0.3 is 11.9 Å². The van der Waals surface area contributed by atoms with Crippen LogP contribution in [0.3, 0.4) is 0 Å². The van der Waals surface area contributed by atoms with Crippen LogP contribution in [-0.2, 0) is 11.2 Å². The van der Waals surface area contributed by atoms with Crippen molar-refractivity contribution in [1.29, 1.82) is 0 Å². The van der Waals surface area contributed by atoms with Gasteiger partial charge in [0.15, 0.2) is 0 Å². The number of benzene rings is 3. The summed E-state index contributed by atoms with van der Waals surface area (Å²) < 4.78 is 5.24. The van der Waals surface area contributed by atoms with Gasteiger partial charge < -0.3 is 9.84 Å². The van der Waals surface area contributed by atoms with Crippen LogP contribution in [0.4, 0.5) is 0 Å². The maximum atomic E-state index is 12.2. The van der Waals surface area contributed by atoms with E-state index in [2.05, 4.69) is 0 Å². The molecule has 1 N–H and O–H groups in total. The lowest BCUT2D eigenvalue weighted by Gasteiger charge is -2.09. The van der Waals surface area contributed by atoms with Gasteiger partial charge in [-0.15, -0.1) is 0 Å². The average molecular weight is 306 g/mol. The second-order valence-corrected chi connectivity index (χ2v) is 5.09. The summed E-state index contributed by atoms with van der Waals surface area (Å²) in [6, 6.07) is 19.6. The quantitative estimate of drug-likeness (QED) is 0.590. The molecule has 0 radical (unpaired) electrons. The third kappa shape index (κ3) is 3.21. The van der Waals surface area contributed by atoms with Gasteiger partial charge in [0.1, 0.15) is 11.3 Å². The predicted molar refractivity (Wildman–Crippen MR) is 86.7 cm³/mol. The first-order valence-corrected chi connectivity index (χ1v) is 7.15. The molecule has 0 bridgehead atoms. The fourth-order valence-corrected chi connectivity index (χ4v) is 2.49. The van der Waals surface area contributed by atoms with Crippen molar-refractivity contribution in [3.63, 3.8) is 0 Å². The third-order valence-electron chi connectivity index (χ3n) is 3.56. The molecule has 0 saturated heterocycles. The number of esters is 1. The van der Waals surface area contributed by atoms with Gasteiger partial charge in [0, 0.05) is 0 Å². The van der Waals surface area contributed by atoms with E-state index in [1.165, 1.54) is 12.1 Å². The number of carboxylic acids is 1. The number of carbonyl (C=O) groups is 2. The Morgan fingerprint density at radius 1 is 0.870 bits per heavy atom. The summed E-state index contributed by atoms with van der Waals surface area (Å²) in [5, 5.41) is 11.1. The van der Waals surface area contributed by atoms with Gasteiger partial charge in [-0.2, -0.15) is 0 Å². The van der Waals surface area contributed by atoms with Crippen LogP contribution in [0, 0.1) is 0 Å². The van der Waals surface area contributed by atoms with Gasteiger partial charge in [0.2, 0.25) is 0 Å². The first-order chi connectivity index (χ1) is 11.1. The molecule has 0 fully saturated rings. The molecule has 0 aliphatic carbocycles. The molecule has 4 heteroatoms. The minimum atomic E-state index is -1.13. The van der Waals surface area contributed by atoms with Crippen molar-refractivity contribution in [2.75, 3.05) is 0 Å². The maximum Gasteiger partial charge on any atom is 0.339 e. The molecule has 0 aliphatic heterocycles. The van der Waals surface area contributed by atoms with Crippen LogP contribution in [0.5, 0.6) is 5.75 Å². The molecule has 0 atom stereocenters. The molecule has 23 heavy (non-hydrogen) atoms. The molecule has 0 aliphatic rings. The number of hydrogen-bond acceptors (Lipinski definition) is 3. The molecule has 3 aromatic rings. The Bertz CT molecular complexity index is 878. The molecule has 0 aromatic heterocycles. The molecule has 0 heterocycles. The largest absolute Gasteiger partial charge is 0.478 e. The van der Waals surface area contributed by atoms with E-state index in [-0.39, 0.29) is 17.7 Å². The number of para-hydroxylation sites is 1. The molecule has 3 rings (SSSR count). The van der Waals surface area contributed by atoms with Crippen LogP contribution in [0.1, 0.15) is 15.9 Å². The fraction of sp³-hybridized carbons (Fsp3) is 0.0526. The van der Waals surface area contributed by atoms with E-state index in [1.807, 2.05) is 42.5 Å². The zero-order valence-corrected chi connectivity index (χ0v) is 12.2. The van der Waals surface area contributed by atoms with Crippen molar-refractivity contribution >= 4 is 22.7 Å². The Kier molecular flexibility index (Phi) is 4.06. The van der Waals surface area contributed by atoms with Crippen LogP contribution in [0.15, 0.2) is 66.7 Å². The third-order valence-corrected chi connectivity index (χ3v) is 3.56. The van der Waals surface area contributed by atoms with Gasteiger partial charge in [-0.25, -0.2) is 4.79 Å². The summed E-state index contributed by atoms with van der Waals surface area (Å²) in [7, 11) is 0. The van der Waals surface area contributed by atoms with Crippen LogP contribution >= 0.6 is 0 Å². The van der Waals surface area contributed by atoms with Crippen molar-refractivity contribution in [2.24, 2.45) is 0 Å². The fourth-order valence-electron chi connectivity index (χ4n) is 2.49. The lowest BCUT2D eigenvalue weighted by molar-refractivity contribution is -0.133. The number of hydrogen-bond donors (Lipinski definition) is 1. The van der Waals surface area contributed by atoms with Gasteiger partial charge in [-0.1, -0.05) is 54.6 Å². The molecule has 0 unspecified atom stereocenters. The van der Waals surface area contributed by atoms with E-state index in [1.54, 1.807) is 12.1 Å². The van der Waals surface area contributed by atoms with Crippen molar-refractivity contribution in [2.45, 2.75) is 6.42 Å². The average Bonchev–Trinajstić information content (AvgIpc) is 2.55. The smallest absolute Gasteiger partial charge is 0.339 e. The number of carboxylic acid groups (broad SMARTS) is 1. The Balaban J connectivity index is 1.84. The normalized spacial score (nSPS) is 10.4. The highest BCUT2D eigenvalue weighted by atomic mass is 16.5. The highest BCUT2D eigenvalue weighted by Gasteiger charge is 2.15. The molecule has 0 spiro atoms. The van der Waals surface area contributed by atoms with Crippen LogP contribution in [0.2, 0.25) is 0 Å². The lowest BCUT2D eigenvalue weighted by atomic mass is 10.0. The zero-order valence-electron chi connectivity index (χ0n) is 12.2. The van der Waals surface area contributed by atoms with E-state index in [0.29, 0.717) is 0 Å². The lowest BCUT2D eigenvalue weighted by Crippen LogP contribution is -2.13. The predicted octanol–water partition coefficient (Wildman–Crippen LogP) is 3.69.